The first-order valence-electron chi connectivity index (χ1n) is 8.92. The van der Waals surface area contributed by atoms with Gasteiger partial charge in [-0.1, -0.05) is 6.42 Å². The van der Waals surface area contributed by atoms with Crippen LogP contribution in [0, 0.1) is 0 Å². The summed E-state index contributed by atoms with van der Waals surface area (Å²) in [5.41, 5.74) is 4.25. The van der Waals surface area contributed by atoms with Crippen molar-refractivity contribution in [1.29, 1.82) is 0 Å². The summed E-state index contributed by atoms with van der Waals surface area (Å²) in [5, 5.41) is 2.50. The first-order valence-corrected chi connectivity index (χ1v) is 8.92. The highest BCUT2D eigenvalue weighted by atomic mass is 19.4. The molecule has 7 nitrogen and oxygen atoms in total. The number of pyridine rings is 1. The molecule has 0 unspecified atom stereocenters. The summed E-state index contributed by atoms with van der Waals surface area (Å²) in [5.74, 6) is 0.686. The molecule has 0 aliphatic carbocycles. The van der Waals surface area contributed by atoms with Gasteiger partial charge in [-0.05, 0) is 18.9 Å². The van der Waals surface area contributed by atoms with Crippen molar-refractivity contribution in [3.63, 3.8) is 0 Å². The predicted octanol–water partition coefficient (Wildman–Crippen LogP) is 1.40. The molecule has 0 spiro atoms. The van der Waals surface area contributed by atoms with Gasteiger partial charge < -0.3 is 16.0 Å². The third kappa shape index (κ3) is 6.61. The van der Waals surface area contributed by atoms with Crippen molar-refractivity contribution in [3.05, 3.63) is 23.9 Å². The molecule has 1 aliphatic heterocycles. The average molecular weight is 388 g/mol. The van der Waals surface area contributed by atoms with E-state index in [-0.39, 0.29) is 5.91 Å². The van der Waals surface area contributed by atoms with Gasteiger partial charge in [0.1, 0.15) is 19.3 Å². The van der Waals surface area contributed by atoms with Crippen LogP contribution in [0.3, 0.4) is 0 Å². The number of primary amides is 1. The van der Waals surface area contributed by atoms with E-state index in [0.717, 1.165) is 31.5 Å². The van der Waals surface area contributed by atoms with Gasteiger partial charge in [-0.2, -0.15) is 13.2 Å². The molecule has 4 N–H and O–H groups in total. The summed E-state index contributed by atoms with van der Waals surface area (Å²) >= 11 is 0. The number of nitrogens with two attached hydrogens (primary N) is 1. The Morgan fingerprint density at radius 2 is 1.81 bits per heavy atom. The Bertz CT molecular complexity index is 628. The number of urea groups is 1. The first-order chi connectivity index (χ1) is 12.8. The molecule has 1 aromatic rings. The van der Waals surface area contributed by atoms with E-state index < -0.39 is 17.8 Å². The minimum atomic E-state index is -4.37. The van der Waals surface area contributed by atoms with Crippen molar-refractivity contribution in [2.24, 2.45) is 5.73 Å². The van der Waals surface area contributed by atoms with Crippen LogP contribution in [0.15, 0.2) is 18.3 Å². The second-order valence-electron chi connectivity index (χ2n) is 6.43. The molecular formula is C17H25F3N5O2+. The number of rotatable bonds is 7. The summed E-state index contributed by atoms with van der Waals surface area (Å²) in [6, 6.07) is 1.92. The molecule has 0 atom stereocenters. The van der Waals surface area contributed by atoms with Crippen molar-refractivity contribution in [2.45, 2.75) is 31.9 Å². The number of aromatic amines is 1. The molecule has 3 amide bonds. The molecule has 2 heterocycles. The zero-order valence-corrected chi connectivity index (χ0v) is 15.0. The number of H-pyrrole nitrogens is 1. The lowest BCUT2D eigenvalue weighted by Crippen LogP contribution is -2.50. The number of alkyl halides is 3. The second kappa shape index (κ2) is 9.43. The summed E-state index contributed by atoms with van der Waals surface area (Å²) in [7, 11) is 0. The van der Waals surface area contributed by atoms with Gasteiger partial charge in [-0.15, -0.1) is 0 Å². The van der Waals surface area contributed by atoms with Gasteiger partial charge in [0.15, 0.2) is 0 Å². The monoisotopic (exact) mass is 388 g/mol. The Morgan fingerprint density at radius 3 is 2.37 bits per heavy atom. The maximum atomic E-state index is 12.6. The number of piperazine rings is 1. The van der Waals surface area contributed by atoms with Gasteiger partial charge in [0.05, 0.1) is 18.7 Å². The van der Waals surface area contributed by atoms with Crippen molar-refractivity contribution in [2.75, 3.05) is 37.6 Å². The summed E-state index contributed by atoms with van der Waals surface area (Å²) in [6.07, 6.45) is -0.620. The van der Waals surface area contributed by atoms with Crippen LogP contribution in [0.1, 0.15) is 31.2 Å². The molecule has 2 rings (SSSR count). The molecule has 1 saturated heterocycles. The van der Waals surface area contributed by atoms with E-state index in [0.29, 0.717) is 45.0 Å². The maximum absolute atomic E-state index is 12.6. The number of amides is 3. The number of nitrogens with one attached hydrogen (secondary N) is 2. The largest absolute Gasteiger partial charge is 0.419 e. The van der Waals surface area contributed by atoms with Crippen molar-refractivity contribution < 1.29 is 27.7 Å². The van der Waals surface area contributed by atoms with E-state index in [9.17, 15) is 22.8 Å². The molecular weight excluding hydrogens is 363 g/mol. The lowest BCUT2D eigenvalue weighted by Gasteiger charge is -2.31. The fraction of sp³-hybridized carbons (Fsp3) is 0.588. The van der Waals surface area contributed by atoms with Crippen LogP contribution < -0.4 is 20.9 Å². The molecule has 0 saturated carbocycles. The Kier molecular flexibility index (Phi) is 7.26. The molecule has 1 fully saturated rings. The van der Waals surface area contributed by atoms with Crippen LogP contribution in [0.2, 0.25) is 0 Å². The standard InChI is InChI=1S/C17H24F3N5O2/c18-17(19,20)13-5-6-14(23-12-13)24-8-10-25(11-9-24)15(26)4-2-1-3-7-22-16(21)27/h5-6,12H,1-4,7-11H2,(H3,21,22,27)/p+1. The van der Waals surface area contributed by atoms with Crippen molar-refractivity contribution >= 4 is 17.8 Å². The fourth-order valence-electron chi connectivity index (χ4n) is 2.93. The van der Waals surface area contributed by atoms with Crippen LogP contribution in [0.5, 0.6) is 0 Å². The smallest absolute Gasteiger partial charge is 0.352 e. The summed E-state index contributed by atoms with van der Waals surface area (Å²) in [4.78, 5) is 29.1. The number of halogens is 3. The highest BCUT2D eigenvalue weighted by Crippen LogP contribution is 2.28. The van der Waals surface area contributed by atoms with E-state index in [1.165, 1.54) is 6.07 Å². The molecule has 10 heteroatoms. The molecule has 27 heavy (non-hydrogen) atoms. The van der Waals surface area contributed by atoms with Crippen molar-refractivity contribution in [1.82, 2.24) is 10.2 Å². The Labute approximate surface area is 155 Å². The lowest BCUT2D eigenvalue weighted by molar-refractivity contribution is -0.367. The zero-order chi connectivity index (χ0) is 19.9. The predicted molar refractivity (Wildman–Crippen MR) is 92.8 cm³/mol. The third-order valence-electron chi connectivity index (χ3n) is 4.46. The molecule has 0 aromatic carbocycles. The van der Waals surface area contributed by atoms with E-state index in [2.05, 4.69) is 10.3 Å². The topological polar surface area (TPSA) is 92.8 Å². The number of unbranched alkanes of at least 4 members (excludes halogenated alkanes) is 2. The van der Waals surface area contributed by atoms with E-state index in [1.807, 2.05) is 4.90 Å². The zero-order valence-electron chi connectivity index (χ0n) is 15.0. The molecule has 0 bridgehead atoms. The van der Waals surface area contributed by atoms with Gasteiger partial charge in [-0.3, -0.25) is 9.69 Å². The number of hydrogen-bond acceptors (Lipinski definition) is 3. The van der Waals surface area contributed by atoms with Gasteiger partial charge in [0, 0.05) is 19.0 Å². The molecule has 1 aliphatic rings. The number of nitrogens with zero attached hydrogens (tertiary/aromatic N) is 2. The van der Waals surface area contributed by atoms with Gasteiger partial charge in [0.2, 0.25) is 5.91 Å². The normalized spacial score (nSPS) is 14.9. The number of carbonyl (C=O) groups is 2. The van der Waals surface area contributed by atoms with E-state index in [1.54, 1.807) is 4.90 Å². The number of anilines is 1. The van der Waals surface area contributed by atoms with Crippen LogP contribution in [-0.2, 0) is 11.0 Å². The minimum absolute atomic E-state index is 0.0777. The van der Waals surface area contributed by atoms with Crippen molar-refractivity contribution in [3.8, 4) is 0 Å². The van der Waals surface area contributed by atoms with E-state index in [4.69, 9.17) is 5.73 Å². The maximum Gasteiger partial charge on any atom is 0.419 e. The lowest BCUT2D eigenvalue weighted by atomic mass is 10.1. The highest BCUT2D eigenvalue weighted by molar-refractivity contribution is 5.76. The van der Waals surface area contributed by atoms with Gasteiger partial charge >= 0.3 is 12.2 Å². The Balaban J connectivity index is 1.70. The number of aromatic nitrogens is 1. The Morgan fingerprint density at radius 1 is 1.11 bits per heavy atom. The quantitative estimate of drug-likeness (QED) is 0.692. The van der Waals surface area contributed by atoms with Gasteiger partial charge in [0.25, 0.3) is 5.82 Å². The summed E-state index contributed by atoms with van der Waals surface area (Å²) in [6.45, 7) is 2.71. The highest BCUT2D eigenvalue weighted by Gasteiger charge is 2.32. The van der Waals surface area contributed by atoms with Crippen LogP contribution in [0.25, 0.3) is 0 Å². The molecule has 0 radical (unpaired) electrons. The SMILES string of the molecule is NC(=O)NCCCCCC(=O)N1CCN(c2ccc(C(F)(F)F)c[nH+]2)CC1. The van der Waals surface area contributed by atoms with Crippen LogP contribution in [0.4, 0.5) is 23.8 Å². The molecule has 150 valence electrons. The number of carbonyl (C=O) groups excluding carboxylic acids is 2. The van der Waals surface area contributed by atoms with Crippen LogP contribution in [-0.4, -0.2) is 49.6 Å². The first kappa shape index (κ1) is 20.8. The van der Waals surface area contributed by atoms with E-state index >= 15 is 0 Å². The molecule has 1 aromatic heterocycles. The third-order valence-corrected chi connectivity index (χ3v) is 4.46. The minimum Gasteiger partial charge on any atom is -0.352 e. The van der Waals surface area contributed by atoms with Crippen LogP contribution >= 0.6 is 0 Å². The Hall–Kier alpha value is -2.52. The fourth-order valence-corrected chi connectivity index (χ4v) is 2.93. The van der Waals surface area contributed by atoms with Gasteiger partial charge in [-0.25, -0.2) is 9.78 Å². The number of hydrogen-bond donors (Lipinski definition) is 2. The summed E-state index contributed by atoms with van der Waals surface area (Å²) < 4.78 is 37.8. The average Bonchev–Trinajstić information content (AvgIpc) is 2.63. The second-order valence-corrected chi connectivity index (χ2v) is 6.43.